The number of halogens is 3. The number of rotatable bonds is 3. The van der Waals surface area contributed by atoms with Crippen LogP contribution in [-0.4, -0.2) is 47.6 Å². The van der Waals surface area contributed by atoms with E-state index in [4.69, 9.17) is 27.1 Å². The number of amides is 1. The SMILES string of the molecule is Cl.Cl.NC[C@H]1CC[C@@H](C(=O)N2CCC(c3nc4cc(Cl)ccc4s3)CC2)O1. The molecule has 1 aromatic heterocycles. The molecule has 1 amide bonds. The van der Waals surface area contributed by atoms with Crippen molar-refractivity contribution in [1.29, 1.82) is 0 Å². The largest absolute Gasteiger partial charge is 0.364 e. The number of fused-ring (bicyclic) bond motifs is 1. The van der Waals surface area contributed by atoms with Crippen LogP contribution in [0.25, 0.3) is 10.2 Å². The first-order valence-corrected chi connectivity index (χ1v) is 10.0. The Morgan fingerprint density at radius 3 is 2.67 bits per heavy atom. The number of ether oxygens (including phenoxy) is 1. The van der Waals surface area contributed by atoms with Crippen LogP contribution in [0.1, 0.15) is 36.6 Å². The fourth-order valence-corrected chi connectivity index (χ4v) is 4.99. The van der Waals surface area contributed by atoms with E-state index in [0.29, 0.717) is 12.5 Å². The second-order valence-corrected chi connectivity index (χ2v) is 8.32. The van der Waals surface area contributed by atoms with Crippen LogP contribution in [0.3, 0.4) is 0 Å². The van der Waals surface area contributed by atoms with Crippen LogP contribution in [0.5, 0.6) is 0 Å². The van der Waals surface area contributed by atoms with E-state index in [2.05, 4.69) is 0 Å². The molecule has 1 aromatic carbocycles. The van der Waals surface area contributed by atoms with Crippen LogP contribution >= 0.6 is 47.8 Å². The van der Waals surface area contributed by atoms with Crippen LogP contribution in [0.4, 0.5) is 0 Å². The highest BCUT2D eigenvalue weighted by Crippen LogP contribution is 2.35. The minimum absolute atomic E-state index is 0. The van der Waals surface area contributed by atoms with Crippen molar-refractivity contribution >= 4 is 63.9 Å². The molecule has 0 radical (unpaired) electrons. The standard InChI is InChI=1S/C18H22ClN3O2S.2ClH/c19-12-1-4-16-14(9-12)21-17(25-16)11-5-7-22(8-6-11)18(23)15-3-2-13(10-20)24-15;;/h1,4,9,11,13,15H,2-3,5-8,10,20H2;2*1H/t13-,15+;;/m1../s1. The molecular formula is C18H24Cl3N3O2S. The number of hydrogen-bond donors (Lipinski definition) is 1. The summed E-state index contributed by atoms with van der Waals surface area (Å²) in [7, 11) is 0. The molecule has 2 aliphatic heterocycles. The molecule has 0 unspecified atom stereocenters. The van der Waals surface area contributed by atoms with Crippen molar-refractivity contribution in [3.63, 3.8) is 0 Å². The molecule has 2 atom stereocenters. The van der Waals surface area contributed by atoms with Gasteiger partial charge in [0.25, 0.3) is 5.91 Å². The van der Waals surface area contributed by atoms with Crippen LogP contribution in [-0.2, 0) is 9.53 Å². The van der Waals surface area contributed by atoms with Crippen molar-refractivity contribution < 1.29 is 9.53 Å². The van der Waals surface area contributed by atoms with Gasteiger partial charge in [0.05, 0.1) is 21.3 Å². The molecule has 5 nitrogen and oxygen atoms in total. The van der Waals surface area contributed by atoms with E-state index in [0.717, 1.165) is 54.3 Å². The van der Waals surface area contributed by atoms with Gasteiger partial charge in [0.1, 0.15) is 6.10 Å². The molecular weight excluding hydrogens is 429 g/mol. The van der Waals surface area contributed by atoms with Gasteiger partial charge >= 0.3 is 0 Å². The number of likely N-dealkylation sites (tertiary alicyclic amines) is 1. The van der Waals surface area contributed by atoms with Gasteiger partial charge in [0.2, 0.25) is 0 Å². The first-order valence-electron chi connectivity index (χ1n) is 8.84. The lowest BCUT2D eigenvalue weighted by Gasteiger charge is -2.32. The van der Waals surface area contributed by atoms with Crippen molar-refractivity contribution in [3.8, 4) is 0 Å². The predicted octanol–water partition coefficient (Wildman–Crippen LogP) is 4.01. The van der Waals surface area contributed by atoms with E-state index in [9.17, 15) is 4.79 Å². The number of thiazole rings is 1. The summed E-state index contributed by atoms with van der Waals surface area (Å²) in [5.41, 5.74) is 6.61. The fourth-order valence-electron chi connectivity index (χ4n) is 3.70. The molecule has 9 heteroatoms. The first-order chi connectivity index (χ1) is 12.1. The summed E-state index contributed by atoms with van der Waals surface area (Å²) in [5.74, 6) is 0.548. The van der Waals surface area contributed by atoms with Crippen LogP contribution < -0.4 is 5.73 Å². The number of hydrogen-bond acceptors (Lipinski definition) is 5. The number of carbonyl (C=O) groups is 1. The summed E-state index contributed by atoms with van der Waals surface area (Å²) in [4.78, 5) is 19.3. The van der Waals surface area contributed by atoms with E-state index >= 15 is 0 Å². The van der Waals surface area contributed by atoms with E-state index in [1.807, 2.05) is 23.1 Å². The van der Waals surface area contributed by atoms with Gasteiger partial charge < -0.3 is 15.4 Å². The summed E-state index contributed by atoms with van der Waals surface area (Å²) in [6.45, 7) is 2.04. The van der Waals surface area contributed by atoms with Crippen molar-refractivity contribution in [3.05, 3.63) is 28.2 Å². The van der Waals surface area contributed by atoms with Gasteiger partial charge in [-0.3, -0.25) is 4.79 Å². The van der Waals surface area contributed by atoms with Gasteiger partial charge in [0.15, 0.2) is 0 Å². The lowest BCUT2D eigenvalue weighted by atomic mass is 9.97. The highest BCUT2D eigenvalue weighted by atomic mass is 35.5. The smallest absolute Gasteiger partial charge is 0.251 e. The summed E-state index contributed by atoms with van der Waals surface area (Å²) in [6.07, 6.45) is 3.32. The molecule has 0 bridgehead atoms. The molecule has 150 valence electrons. The third-order valence-electron chi connectivity index (χ3n) is 5.17. The van der Waals surface area contributed by atoms with Gasteiger partial charge in [-0.1, -0.05) is 11.6 Å². The average molecular weight is 453 g/mol. The maximum absolute atomic E-state index is 12.6. The first kappa shape index (κ1) is 22.7. The monoisotopic (exact) mass is 451 g/mol. The zero-order chi connectivity index (χ0) is 17.4. The summed E-state index contributed by atoms with van der Waals surface area (Å²) >= 11 is 7.79. The van der Waals surface area contributed by atoms with Crippen LogP contribution in [0, 0.1) is 0 Å². The molecule has 2 aliphatic rings. The Labute approximate surface area is 180 Å². The van der Waals surface area contributed by atoms with Crippen LogP contribution in [0.2, 0.25) is 5.02 Å². The Kier molecular flexibility index (Phi) is 8.16. The van der Waals surface area contributed by atoms with Gasteiger partial charge in [-0.25, -0.2) is 4.98 Å². The van der Waals surface area contributed by atoms with Gasteiger partial charge in [0, 0.05) is 30.6 Å². The fraction of sp³-hybridized carbons (Fsp3) is 0.556. The van der Waals surface area contributed by atoms with Crippen molar-refractivity contribution in [1.82, 2.24) is 9.88 Å². The van der Waals surface area contributed by atoms with E-state index in [-0.39, 0.29) is 42.9 Å². The highest BCUT2D eigenvalue weighted by molar-refractivity contribution is 7.18. The quantitative estimate of drug-likeness (QED) is 0.764. The number of benzene rings is 1. The Hall–Kier alpha value is -0.630. The lowest BCUT2D eigenvalue weighted by Crippen LogP contribution is -2.43. The Balaban J connectivity index is 0.00000131. The van der Waals surface area contributed by atoms with Crippen molar-refractivity contribution in [2.24, 2.45) is 5.73 Å². The Morgan fingerprint density at radius 2 is 2.00 bits per heavy atom. The van der Waals surface area contributed by atoms with E-state index in [1.54, 1.807) is 11.3 Å². The molecule has 27 heavy (non-hydrogen) atoms. The van der Waals surface area contributed by atoms with Gasteiger partial charge in [-0.05, 0) is 43.9 Å². The minimum Gasteiger partial charge on any atom is -0.364 e. The van der Waals surface area contributed by atoms with Crippen LogP contribution in [0.15, 0.2) is 18.2 Å². The number of piperidine rings is 1. The van der Waals surface area contributed by atoms with E-state index < -0.39 is 0 Å². The number of aromatic nitrogens is 1. The summed E-state index contributed by atoms with van der Waals surface area (Å²) in [6, 6.07) is 5.85. The zero-order valence-corrected chi connectivity index (χ0v) is 18.0. The molecule has 3 heterocycles. The second kappa shape index (κ2) is 9.72. The summed E-state index contributed by atoms with van der Waals surface area (Å²) < 4.78 is 6.92. The van der Waals surface area contributed by atoms with Crippen molar-refractivity contribution in [2.75, 3.05) is 19.6 Å². The minimum atomic E-state index is -0.297. The zero-order valence-electron chi connectivity index (χ0n) is 14.8. The normalized spacial score (nSPS) is 23.1. The van der Waals surface area contributed by atoms with Crippen molar-refractivity contribution in [2.45, 2.75) is 43.8 Å². The van der Waals surface area contributed by atoms with Gasteiger partial charge in [-0.2, -0.15) is 0 Å². The third-order valence-corrected chi connectivity index (χ3v) is 6.60. The topological polar surface area (TPSA) is 68.5 Å². The molecule has 4 rings (SSSR count). The highest BCUT2D eigenvalue weighted by Gasteiger charge is 2.35. The maximum Gasteiger partial charge on any atom is 0.251 e. The molecule has 2 N–H and O–H groups in total. The lowest BCUT2D eigenvalue weighted by molar-refractivity contribution is -0.143. The Morgan fingerprint density at radius 1 is 1.26 bits per heavy atom. The second-order valence-electron chi connectivity index (χ2n) is 6.82. The average Bonchev–Trinajstić information content (AvgIpc) is 3.27. The number of carbonyl (C=O) groups excluding carboxylic acids is 1. The number of nitrogens with two attached hydrogens (primary N) is 1. The molecule has 0 spiro atoms. The summed E-state index contributed by atoms with van der Waals surface area (Å²) in [5, 5.41) is 1.88. The predicted molar refractivity (Wildman–Crippen MR) is 115 cm³/mol. The molecule has 2 aromatic rings. The Bertz CT molecular complexity index is 780. The maximum atomic E-state index is 12.6. The third kappa shape index (κ3) is 4.86. The molecule has 0 saturated carbocycles. The molecule has 2 fully saturated rings. The molecule has 0 aliphatic carbocycles. The van der Waals surface area contributed by atoms with Gasteiger partial charge in [-0.15, -0.1) is 36.2 Å². The van der Waals surface area contributed by atoms with E-state index in [1.165, 1.54) is 4.70 Å². The number of nitrogens with zero attached hydrogens (tertiary/aromatic N) is 2. The molecule has 2 saturated heterocycles.